The molecule has 3 nitrogen and oxygen atoms in total. The zero-order valence-corrected chi connectivity index (χ0v) is 13.1. The number of rotatable bonds is 4. The minimum absolute atomic E-state index is 0.213. The first-order valence-electron chi connectivity index (χ1n) is 7.06. The highest BCUT2D eigenvalue weighted by Crippen LogP contribution is 2.30. The Labute approximate surface area is 120 Å². The normalized spacial score (nSPS) is 23.2. The van der Waals surface area contributed by atoms with Crippen LogP contribution in [0.1, 0.15) is 37.3 Å². The van der Waals surface area contributed by atoms with E-state index in [4.69, 9.17) is 0 Å². The van der Waals surface area contributed by atoms with Crippen LogP contribution in [0.3, 0.4) is 0 Å². The van der Waals surface area contributed by atoms with Crippen molar-refractivity contribution in [2.45, 2.75) is 44.9 Å². The fraction of sp³-hybridized carbons (Fsp3) is 0.600. The summed E-state index contributed by atoms with van der Waals surface area (Å²) in [4.78, 5) is 0.213. The summed E-state index contributed by atoms with van der Waals surface area (Å²) in [6.45, 7) is 5.93. The van der Waals surface area contributed by atoms with Crippen LogP contribution in [0.15, 0.2) is 17.0 Å². The fourth-order valence-electron chi connectivity index (χ4n) is 3.13. The van der Waals surface area contributed by atoms with Crippen molar-refractivity contribution < 1.29 is 12.8 Å². The lowest BCUT2D eigenvalue weighted by molar-refractivity contribution is 0.498. The molecule has 2 atom stereocenters. The Bertz CT molecular complexity index is 575. The minimum atomic E-state index is -3.56. The molecule has 1 aromatic carbocycles. The SMILES string of the molecule is Cc1cc(F)cc(C)c1S(=O)(=O)NCC1CCC(C)C1. The van der Waals surface area contributed by atoms with Gasteiger partial charge in [0.1, 0.15) is 5.82 Å². The first-order valence-corrected chi connectivity index (χ1v) is 8.54. The van der Waals surface area contributed by atoms with Crippen molar-refractivity contribution in [1.82, 2.24) is 4.72 Å². The molecule has 0 heterocycles. The highest BCUT2D eigenvalue weighted by Gasteiger charge is 2.25. The van der Waals surface area contributed by atoms with Gasteiger partial charge < -0.3 is 0 Å². The number of hydrogen-bond donors (Lipinski definition) is 1. The number of benzene rings is 1. The Morgan fingerprint density at radius 1 is 1.25 bits per heavy atom. The van der Waals surface area contributed by atoms with Gasteiger partial charge in [-0.25, -0.2) is 17.5 Å². The van der Waals surface area contributed by atoms with E-state index in [0.29, 0.717) is 29.5 Å². The molecule has 5 heteroatoms. The summed E-state index contributed by atoms with van der Waals surface area (Å²) in [6.07, 6.45) is 3.32. The van der Waals surface area contributed by atoms with Crippen LogP contribution in [-0.2, 0) is 10.0 Å². The molecule has 0 aromatic heterocycles. The molecule has 0 bridgehead atoms. The Morgan fingerprint density at radius 2 is 1.85 bits per heavy atom. The van der Waals surface area contributed by atoms with Gasteiger partial charge in [0.25, 0.3) is 0 Å². The Balaban J connectivity index is 2.15. The number of halogens is 1. The summed E-state index contributed by atoms with van der Waals surface area (Å²) >= 11 is 0. The van der Waals surface area contributed by atoms with E-state index >= 15 is 0 Å². The maximum Gasteiger partial charge on any atom is 0.241 e. The van der Waals surface area contributed by atoms with Crippen molar-refractivity contribution in [2.24, 2.45) is 11.8 Å². The van der Waals surface area contributed by atoms with E-state index in [2.05, 4.69) is 11.6 Å². The molecule has 2 rings (SSSR count). The summed E-state index contributed by atoms with van der Waals surface area (Å²) < 4.78 is 40.7. The second-order valence-electron chi connectivity index (χ2n) is 6.00. The van der Waals surface area contributed by atoms with E-state index in [1.807, 2.05) is 0 Å². The van der Waals surface area contributed by atoms with Crippen LogP contribution < -0.4 is 4.72 Å². The van der Waals surface area contributed by atoms with Gasteiger partial charge in [-0.2, -0.15) is 0 Å². The average Bonchev–Trinajstić information content (AvgIpc) is 2.71. The van der Waals surface area contributed by atoms with E-state index in [9.17, 15) is 12.8 Å². The Hall–Kier alpha value is -0.940. The monoisotopic (exact) mass is 299 g/mol. The standard InChI is InChI=1S/C15H22FNO2S/c1-10-4-5-13(6-10)9-17-20(18,19)15-11(2)7-14(16)8-12(15)3/h7-8,10,13,17H,4-6,9H2,1-3H3. The summed E-state index contributed by atoms with van der Waals surface area (Å²) in [5.74, 6) is 0.697. The second kappa shape index (κ2) is 5.82. The minimum Gasteiger partial charge on any atom is -0.211 e. The van der Waals surface area contributed by atoms with Crippen molar-refractivity contribution in [2.75, 3.05) is 6.54 Å². The summed E-state index contributed by atoms with van der Waals surface area (Å²) in [6, 6.07) is 2.53. The van der Waals surface area contributed by atoms with Gasteiger partial charge in [0.15, 0.2) is 0 Å². The lowest BCUT2D eigenvalue weighted by Crippen LogP contribution is -2.29. The molecule has 1 saturated carbocycles. The van der Waals surface area contributed by atoms with Crippen LogP contribution >= 0.6 is 0 Å². The topological polar surface area (TPSA) is 46.2 Å². The molecular formula is C15H22FNO2S. The molecule has 0 aliphatic heterocycles. The molecule has 1 aliphatic rings. The van der Waals surface area contributed by atoms with Crippen LogP contribution in [-0.4, -0.2) is 15.0 Å². The summed E-state index contributed by atoms with van der Waals surface area (Å²) in [5.41, 5.74) is 0.907. The van der Waals surface area contributed by atoms with E-state index in [1.165, 1.54) is 18.6 Å². The highest BCUT2D eigenvalue weighted by molar-refractivity contribution is 7.89. The van der Waals surface area contributed by atoms with Crippen LogP contribution in [0, 0.1) is 31.5 Å². The molecule has 20 heavy (non-hydrogen) atoms. The number of aryl methyl sites for hydroxylation is 2. The van der Waals surface area contributed by atoms with Crippen LogP contribution in [0.2, 0.25) is 0 Å². The third-order valence-corrected chi connectivity index (χ3v) is 5.79. The zero-order chi connectivity index (χ0) is 14.9. The molecule has 0 saturated heterocycles. The fourth-order valence-corrected chi connectivity index (χ4v) is 4.70. The smallest absolute Gasteiger partial charge is 0.211 e. The van der Waals surface area contributed by atoms with Gasteiger partial charge in [-0.05, 0) is 61.8 Å². The van der Waals surface area contributed by atoms with E-state index in [-0.39, 0.29) is 4.90 Å². The van der Waals surface area contributed by atoms with Gasteiger partial charge in [0.05, 0.1) is 4.90 Å². The quantitative estimate of drug-likeness (QED) is 0.928. The largest absolute Gasteiger partial charge is 0.241 e. The maximum absolute atomic E-state index is 13.3. The number of hydrogen-bond acceptors (Lipinski definition) is 2. The number of nitrogens with one attached hydrogen (secondary N) is 1. The molecule has 1 N–H and O–H groups in total. The first-order chi connectivity index (χ1) is 9.29. The molecule has 1 fully saturated rings. The zero-order valence-electron chi connectivity index (χ0n) is 12.2. The van der Waals surface area contributed by atoms with Gasteiger partial charge in [-0.1, -0.05) is 13.3 Å². The predicted molar refractivity (Wildman–Crippen MR) is 77.6 cm³/mol. The van der Waals surface area contributed by atoms with E-state index in [1.54, 1.807) is 13.8 Å². The lowest BCUT2D eigenvalue weighted by atomic mass is 10.1. The first kappa shape index (κ1) is 15.4. The van der Waals surface area contributed by atoms with Crippen molar-refractivity contribution in [3.05, 3.63) is 29.1 Å². The lowest BCUT2D eigenvalue weighted by Gasteiger charge is -2.15. The van der Waals surface area contributed by atoms with Crippen molar-refractivity contribution in [1.29, 1.82) is 0 Å². The Morgan fingerprint density at radius 3 is 2.35 bits per heavy atom. The van der Waals surface area contributed by atoms with Gasteiger partial charge in [-0.3, -0.25) is 0 Å². The van der Waals surface area contributed by atoms with Gasteiger partial charge >= 0.3 is 0 Å². The van der Waals surface area contributed by atoms with Crippen LogP contribution in [0.25, 0.3) is 0 Å². The van der Waals surface area contributed by atoms with Gasteiger partial charge in [0.2, 0.25) is 10.0 Å². The third kappa shape index (κ3) is 3.38. The predicted octanol–water partition coefficient (Wildman–Crippen LogP) is 3.16. The molecule has 0 radical (unpaired) electrons. The molecule has 0 amide bonds. The van der Waals surface area contributed by atoms with Crippen LogP contribution in [0.5, 0.6) is 0 Å². The summed E-state index contributed by atoms with van der Waals surface area (Å²) in [5, 5.41) is 0. The number of sulfonamides is 1. The average molecular weight is 299 g/mol. The van der Waals surface area contributed by atoms with E-state index in [0.717, 1.165) is 12.8 Å². The maximum atomic E-state index is 13.3. The van der Waals surface area contributed by atoms with Crippen molar-refractivity contribution >= 4 is 10.0 Å². The molecule has 0 spiro atoms. The molecule has 112 valence electrons. The van der Waals surface area contributed by atoms with Gasteiger partial charge in [-0.15, -0.1) is 0 Å². The molecule has 1 aliphatic carbocycles. The van der Waals surface area contributed by atoms with Crippen molar-refractivity contribution in [3.8, 4) is 0 Å². The van der Waals surface area contributed by atoms with E-state index < -0.39 is 15.8 Å². The summed E-state index contributed by atoms with van der Waals surface area (Å²) in [7, 11) is -3.56. The second-order valence-corrected chi connectivity index (χ2v) is 7.71. The molecule has 2 unspecified atom stereocenters. The highest BCUT2D eigenvalue weighted by atomic mass is 32.2. The molecule has 1 aromatic rings. The Kier molecular flexibility index (Phi) is 4.49. The third-order valence-electron chi connectivity index (χ3n) is 4.06. The van der Waals surface area contributed by atoms with Gasteiger partial charge in [0, 0.05) is 6.54 Å². The van der Waals surface area contributed by atoms with Crippen molar-refractivity contribution in [3.63, 3.8) is 0 Å². The molecular weight excluding hydrogens is 277 g/mol. The van der Waals surface area contributed by atoms with Crippen LogP contribution in [0.4, 0.5) is 4.39 Å².